The molecule has 0 aliphatic carbocycles. The highest BCUT2D eigenvalue weighted by Gasteiger charge is 2.49. The van der Waals surface area contributed by atoms with Crippen molar-refractivity contribution in [3.05, 3.63) is 106 Å². The third kappa shape index (κ3) is 5.25. The first kappa shape index (κ1) is 26.1. The number of benzene rings is 3. The van der Waals surface area contributed by atoms with Crippen LogP contribution in [-0.4, -0.2) is 25.0 Å². The number of carbonyl (C=O) groups is 1. The molecule has 1 aliphatic heterocycles. The number of ether oxygens (including phenoxy) is 2. The molecule has 0 N–H and O–H groups in total. The summed E-state index contributed by atoms with van der Waals surface area (Å²) < 4.78 is 11.1. The molecule has 4 nitrogen and oxygen atoms in total. The molecule has 0 spiro atoms. The number of methoxy groups -OCH3 is 2. The lowest BCUT2D eigenvalue weighted by Gasteiger charge is -2.49. The van der Waals surface area contributed by atoms with Crippen molar-refractivity contribution in [2.24, 2.45) is 5.41 Å². The van der Waals surface area contributed by atoms with Crippen LogP contribution in [0.5, 0.6) is 11.5 Å². The molecular formula is C30H31Cl2NO3. The van der Waals surface area contributed by atoms with E-state index in [1.807, 2.05) is 78.6 Å². The van der Waals surface area contributed by atoms with Crippen LogP contribution in [0.4, 0.5) is 0 Å². The van der Waals surface area contributed by atoms with Gasteiger partial charge < -0.3 is 14.4 Å². The average Bonchev–Trinajstić information content (AvgIpc) is 2.87. The van der Waals surface area contributed by atoms with Crippen LogP contribution in [0.1, 0.15) is 48.4 Å². The van der Waals surface area contributed by atoms with Crippen molar-refractivity contribution in [2.45, 2.75) is 38.3 Å². The zero-order valence-electron chi connectivity index (χ0n) is 20.8. The fourth-order valence-electron chi connectivity index (χ4n) is 5.31. The molecule has 6 heteroatoms. The van der Waals surface area contributed by atoms with Crippen molar-refractivity contribution in [2.75, 3.05) is 14.2 Å². The number of likely N-dealkylation sites (tertiary alicyclic amines) is 1. The zero-order chi connectivity index (χ0) is 25.9. The van der Waals surface area contributed by atoms with Crippen molar-refractivity contribution in [3.8, 4) is 11.5 Å². The molecule has 3 aromatic rings. The van der Waals surface area contributed by atoms with Gasteiger partial charge in [0, 0.05) is 34.1 Å². The minimum Gasteiger partial charge on any atom is -0.497 e. The van der Waals surface area contributed by atoms with Crippen LogP contribution in [0.2, 0.25) is 10.0 Å². The van der Waals surface area contributed by atoms with Gasteiger partial charge in [-0.05, 0) is 60.4 Å². The van der Waals surface area contributed by atoms with Gasteiger partial charge in [-0.3, -0.25) is 4.79 Å². The Balaban J connectivity index is 1.88. The Bertz CT molecular complexity index is 1240. The minimum absolute atomic E-state index is 0.0109. The molecule has 3 atom stereocenters. The monoisotopic (exact) mass is 523 g/mol. The summed E-state index contributed by atoms with van der Waals surface area (Å²) in [5.74, 6) is 1.46. The smallest absolute Gasteiger partial charge is 0.229 e. The maximum atomic E-state index is 14.2. The number of hydrogen-bond donors (Lipinski definition) is 0. The van der Waals surface area contributed by atoms with Gasteiger partial charge in [0.2, 0.25) is 5.91 Å². The van der Waals surface area contributed by atoms with E-state index in [0.717, 1.165) is 16.7 Å². The molecule has 0 aromatic heterocycles. The van der Waals surface area contributed by atoms with E-state index in [0.29, 0.717) is 40.9 Å². The van der Waals surface area contributed by atoms with Crippen molar-refractivity contribution < 1.29 is 14.3 Å². The summed E-state index contributed by atoms with van der Waals surface area (Å²) in [5.41, 5.74) is 2.40. The van der Waals surface area contributed by atoms with E-state index in [9.17, 15) is 4.79 Å². The van der Waals surface area contributed by atoms with E-state index < -0.39 is 5.41 Å². The zero-order valence-corrected chi connectivity index (χ0v) is 22.4. The highest BCUT2D eigenvalue weighted by Crippen LogP contribution is 2.52. The summed E-state index contributed by atoms with van der Waals surface area (Å²) in [4.78, 5) is 16.2. The van der Waals surface area contributed by atoms with Gasteiger partial charge in [-0.1, -0.05) is 60.5 Å². The van der Waals surface area contributed by atoms with E-state index in [4.69, 9.17) is 32.7 Å². The number of piperidine rings is 1. The summed E-state index contributed by atoms with van der Waals surface area (Å²) in [6, 6.07) is 21.2. The first-order valence-electron chi connectivity index (χ1n) is 11.9. The largest absolute Gasteiger partial charge is 0.497 e. The van der Waals surface area contributed by atoms with Crippen LogP contribution in [0.25, 0.3) is 0 Å². The molecule has 1 heterocycles. The van der Waals surface area contributed by atoms with Crippen molar-refractivity contribution >= 4 is 29.1 Å². The lowest BCUT2D eigenvalue weighted by Crippen LogP contribution is -2.51. The van der Waals surface area contributed by atoms with Gasteiger partial charge >= 0.3 is 0 Å². The predicted octanol–water partition coefficient (Wildman–Crippen LogP) is 7.85. The third-order valence-electron chi connectivity index (χ3n) is 7.08. The second kappa shape index (κ2) is 11.0. The lowest BCUT2D eigenvalue weighted by atomic mass is 9.67. The fourth-order valence-corrected chi connectivity index (χ4v) is 5.63. The van der Waals surface area contributed by atoms with Crippen molar-refractivity contribution in [1.29, 1.82) is 0 Å². The Morgan fingerprint density at radius 1 is 1.00 bits per heavy atom. The van der Waals surface area contributed by atoms with E-state index in [1.165, 1.54) is 0 Å². The minimum atomic E-state index is -0.614. The number of nitrogens with zero attached hydrogens (tertiary/aromatic N) is 1. The van der Waals surface area contributed by atoms with E-state index in [-0.39, 0.29) is 17.9 Å². The summed E-state index contributed by atoms with van der Waals surface area (Å²) in [7, 11) is 3.25. The number of halogens is 2. The van der Waals surface area contributed by atoms with Gasteiger partial charge in [0.1, 0.15) is 11.5 Å². The number of amides is 1. The molecular weight excluding hydrogens is 493 g/mol. The van der Waals surface area contributed by atoms with Crippen molar-refractivity contribution in [1.82, 2.24) is 4.90 Å². The maximum absolute atomic E-state index is 14.2. The maximum Gasteiger partial charge on any atom is 0.229 e. The van der Waals surface area contributed by atoms with Gasteiger partial charge in [-0.15, -0.1) is 6.58 Å². The predicted molar refractivity (Wildman–Crippen MR) is 146 cm³/mol. The molecule has 188 valence electrons. The number of hydrogen-bond acceptors (Lipinski definition) is 3. The van der Waals surface area contributed by atoms with Gasteiger partial charge in [0.15, 0.2) is 0 Å². The van der Waals surface area contributed by atoms with Crippen LogP contribution < -0.4 is 9.47 Å². The lowest BCUT2D eigenvalue weighted by molar-refractivity contribution is -0.151. The summed E-state index contributed by atoms with van der Waals surface area (Å²) in [6.45, 7) is 6.36. The molecule has 1 amide bonds. The van der Waals surface area contributed by atoms with Gasteiger partial charge in [-0.2, -0.15) is 0 Å². The molecule has 36 heavy (non-hydrogen) atoms. The van der Waals surface area contributed by atoms with Crippen LogP contribution in [0.3, 0.4) is 0 Å². The highest BCUT2D eigenvalue weighted by molar-refractivity contribution is 6.30. The quantitative estimate of drug-likeness (QED) is 0.282. The normalized spacial score (nSPS) is 21.8. The van der Waals surface area contributed by atoms with Crippen LogP contribution >= 0.6 is 23.2 Å². The molecule has 3 unspecified atom stereocenters. The Labute approximate surface area is 223 Å². The molecule has 1 fully saturated rings. The molecule has 0 saturated carbocycles. The van der Waals surface area contributed by atoms with Gasteiger partial charge in [-0.25, -0.2) is 0 Å². The SMILES string of the molecule is C=CCC1(C)CC(c2cccc(Cl)c2)C(c2ccc(Cl)cc2)N(Cc2ccc(OC)cc2OC)C1=O. The van der Waals surface area contributed by atoms with E-state index in [1.54, 1.807) is 14.2 Å². The summed E-state index contributed by atoms with van der Waals surface area (Å²) >= 11 is 12.7. The Morgan fingerprint density at radius 2 is 1.75 bits per heavy atom. The van der Waals surface area contributed by atoms with Crippen LogP contribution in [-0.2, 0) is 11.3 Å². The molecule has 0 bridgehead atoms. The Morgan fingerprint density at radius 3 is 2.39 bits per heavy atom. The standard InChI is InChI=1S/C30H31Cl2NO3/c1-5-15-30(2)18-26(21-7-6-8-24(32)16-21)28(20-9-12-23(31)13-10-20)33(29(30)34)19-22-11-14-25(35-3)17-27(22)36-4/h5-14,16-17,26,28H,1,15,18-19H2,2-4H3. The van der Waals surface area contributed by atoms with E-state index in [2.05, 4.69) is 12.6 Å². The number of rotatable bonds is 8. The topological polar surface area (TPSA) is 38.8 Å². The third-order valence-corrected chi connectivity index (χ3v) is 7.57. The fraction of sp³-hybridized carbons (Fsp3) is 0.300. The number of allylic oxidation sites excluding steroid dienone is 1. The number of carbonyl (C=O) groups excluding carboxylic acids is 1. The molecule has 4 rings (SSSR count). The van der Waals surface area contributed by atoms with Crippen LogP contribution in [0.15, 0.2) is 79.4 Å². The average molecular weight is 524 g/mol. The molecule has 3 aromatic carbocycles. The Hall–Kier alpha value is -2.95. The second-order valence-corrected chi connectivity index (χ2v) is 10.4. The highest BCUT2D eigenvalue weighted by atomic mass is 35.5. The first-order chi connectivity index (χ1) is 17.3. The first-order valence-corrected chi connectivity index (χ1v) is 12.7. The summed E-state index contributed by atoms with van der Waals surface area (Å²) in [6.07, 6.45) is 3.08. The summed E-state index contributed by atoms with van der Waals surface area (Å²) in [5, 5.41) is 1.33. The van der Waals surface area contributed by atoms with Crippen LogP contribution in [0, 0.1) is 5.41 Å². The second-order valence-electron chi connectivity index (χ2n) is 9.53. The van der Waals surface area contributed by atoms with Gasteiger partial charge in [0.25, 0.3) is 0 Å². The molecule has 1 saturated heterocycles. The molecule has 0 radical (unpaired) electrons. The Kier molecular flexibility index (Phi) is 7.97. The van der Waals surface area contributed by atoms with Gasteiger partial charge in [0.05, 0.1) is 25.7 Å². The van der Waals surface area contributed by atoms with Crippen molar-refractivity contribution in [3.63, 3.8) is 0 Å². The van der Waals surface area contributed by atoms with E-state index >= 15 is 0 Å². The molecule has 1 aliphatic rings.